The maximum absolute atomic E-state index is 9.97. The van der Waals surface area contributed by atoms with E-state index in [9.17, 15) is 5.11 Å². The summed E-state index contributed by atoms with van der Waals surface area (Å²) in [4.78, 5) is 0. The second-order valence-electron chi connectivity index (χ2n) is 4.42. The molecule has 3 heteroatoms. The van der Waals surface area contributed by atoms with E-state index >= 15 is 0 Å². The summed E-state index contributed by atoms with van der Waals surface area (Å²) in [5, 5.41) is 14.4. The van der Waals surface area contributed by atoms with Gasteiger partial charge in [-0.15, -0.1) is 0 Å². The molecule has 0 spiro atoms. The van der Waals surface area contributed by atoms with Crippen LogP contribution in [0, 0.1) is 5.92 Å². The minimum atomic E-state index is 0.417. The van der Waals surface area contributed by atoms with Crippen molar-refractivity contribution in [1.82, 2.24) is 9.78 Å². The molecule has 1 heterocycles. The molecule has 1 N–H and O–H groups in total. The van der Waals surface area contributed by atoms with Gasteiger partial charge in [0.05, 0.1) is 5.69 Å². The molecule has 0 saturated carbocycles. The van der Waals surface area contributed by atoms with Crippen LogP contribution in [0.3, 0.4) is 0 Å². The molecule has 1 aromatic rings. The van der Waals surface area contributed by atoms with Crippen LogP contribution < -0.4 is 0 Å². The number of hydrogen-bond acceptors (Lipinski definition) is 2. The summed E-state index contributed by atoms with van der Waals surface area (Å²) in [5.74, 6) is 0.976. The summed E-state index contributed by atoms with van der Waals surface area (Å²) in [6, 6.07) is 0. The molecule has 0 atom stereocenters. The molecule has 0 aliphatic rings. The smallest absolute Gasteiger partial charge is 0.160 e. The van der Waals surface area contributed by atoms with E-state index in [1.54, 1.807) is 0 Å². The Bertz CT molecular complexity index is 316. The Balaban J connectivity index is 3.01. The fourth-order valence-electron chi connectivity index (χ4n) is 1.76. The van der Waals surface area contributed by atoms with Crippen LogP contribution in [0.2, 0.25) is 0 Å². The first-order chi connectivity index (χ1) is 7.10. The summed E-state index contributed by atoms with van der Waals surface area (Å²) < 4.78 is 1.97. The second kappa shape index (κ2) is 5.19. The molecule has 86 valence electrons. The van der Waals surface area contributed by atoms with E-state index < -0.39 is 0 Å². The zero-order valence-corrected chi connectivity index (χ0v) is 10.2. The standard InChI is InChI=1S/C12H22N2O/c1-5-7-11-12(15)10(6-2)13-14(11)8-9(3)4/h9,15H,5-8H2,1-4H3. The van der Waals surface area contributed by atoms with Gasteiger partial charge < -0.3 is 5.11 Å². The normalized spacial score (nSPS) is 11.3. The summed E-state index contributed by atoms with van der Waals surface area (Å²) in [6.07, 6.45) is 2.75. The highest BCUT2D eigenvalue weighted by molar-refractivity contribution is 5.32. The van der Waals surface area contributed by atoms with Gasteiger partial charge in [-0.05, 0) is 18.8 Å². The molecule has 0 aliphatic heterocycles. The van der Waals surface area contributed by atoms with Crippen LogP contribution in [0.5, 0.6) is 5.75 Å². The molecule has 0 amide bonds. The molecule has 0 unspecified atom stereocenters. The van der Waals surface area contributed by atoms with E-state index in [0.29, 0.717) is 11.7 Å². The minimum absolute atomic E-state index is 0.417. The predicted molar refractivity (Wildman–Crippen MR) is 62.1 cm³/mol. The molecule has 1 aromatic heterocycles. The van der Waals surface area contributed by atoms with E-state index in [1.165, 1.54) is 0 Å². The quantitative estimate of drug-likeness (QED) is 0.811. The molecular weight excluding hydrogens is 188 g/mol. The molecule has 3 nitrogen and oxygen atoms in total. The Morgan fingerprint density at radius 1 is 1.33 bits per heavy atom. The van der Waals surface area contributed by atoms with Crippen LogP contribution in [0.25, 0.3) is 0 Å². The average Bonchev–Trinajstić information content (AvgIpc) is 2.45. The Morgan fingerprint density at radius 2 is 2.00 bits per heavy atom. The van der Waals surface area contributed by atoms with Crippen molar-refractivity contribution in [2.24, 2.45) is 5.92 Å². The van der Waals surface area contributed by atoms with Crippen molar-refractivity contribution >= 4 is 0 Å². The van der Waals surface area contributed by atoms with Crippen LogP contribution in [0.15, 0.2) is 0 Å². The van der Waals surface area contributed by atoms with E-state index in [0.717, 1.165) is 37.2 Å². The molecule has 0 radical (unpaired) electrons. The van der Waals surface area contributed by atoms with Crippen LogP contribution in [0.1, 0.15) is 45.5 Å². The Morgan fingerprint density at radius 3 is 2.47 bits per heavy atom. The van der Waals surface area contributed by atoms with E-state index in [-0.39, 0.29) is 0 Å². The molecule has 1 rings (SSSR count). The molecule has 0 bridgehead atoms. The third kappa shape index (κ3) is 2.74. The molecule has 0 saturated heterocycles. The van der Waals surface area contributed by atoms with Gasteiger partial charge in [0.2, 0.25) is 0 Å². The summed E-state index contributed by atoms with van der Waals surface area (Å²) >= 11 is 0. The number of aromatic nitrogens is 2. The van der Waals surface area contributed by atoms with Gasteiger partial charge in [-0.1, -0.05) is 34.1 Å². The summed E-state index contributed by atoms with van der Waals surface area (Å²) in [7, 11) is 0. The number of aryl methyl sites for hydroxylation is 1. The summed E-state index contributed by atoms with van der Waals surface area (Å²) in [6.45, 7) is 9.37. The van der Waals surface area contributed by atoms with Gasteiger partial charge in [0, 0.05) is 6.54 Å². The van der Waals surface area contributed by atoms with Crippen LogP contribution in [0.4, 0.5) is 0 Å². The van der Waals surface area contributed by atoms with Gasteiger partial charge in [0.1, 0.15) is 5.69 Å². The highest BCUT2D eigenvalue weighted by Gasteiger charge is 2.15. The molecule has 0 aliphatic carbocycles. The number of hydrogen-bond donors (Lipinski definition) is 1. The van der Waals surface area contributed by atoms with Crippen molar-refractivity contribution in [1.29, 1.82) is 0 Å². The predicted octanol–water partition coefficient (Wildman–Crippen LogP) is 2.76. The first kappa shape index (κ1) is 12.1. The third-order valence-corrected chi connectivity index (χ3v) is 2.46. The highest BCUT2D eigenvalue weighted by Crippen LogP contribution is 2.24. The molecule has 0 fully saturated rings. The Labute approximate surface area is 92.1 Å². The van der Waals surface area contributed by atoms with Gasteiger partial charge in [-0.25, -0.2) is 0 Å². The highest BCUT2D eigenvalue weighted by atomic mass is 16.3. The number of aromatic hydroxyl groups is 1. The maximum atomic E-state index is 9.97. The first-order valence-corrected chi connectivity index (χ1v) is 5.87. The van der Waals surface area contributed by atoms with Crippen molar-refractivity contribution in [3.63, 3.8) is 0 Å². The van der Waals surface area contributed by atoms with Crippen molar-refractivity contribution in [3.8, 4) is 5.75 Å². The molecular formula is C12H22N2O. The van der Waals surface area contributed by atoms with Crippen molar-refractivity contribution < 1.29 is 5.11 Å². The average molecular weight is 210 g/mol. The van der Waals surface area contributed by atoms with Gasteiger partial charge in [-0.3, -0.25) is 4.68 Å². The van der Waals surface area contributed by atoms with Crippen molar-refractivity contribution in [3.05, 3.63) is 11.4 Å². The Kier molecular flexibility index (Phi) is 4.18. The first-order valence-electron chi connectivity index (χ1n) is 5.87. The lowest BCUT2D eigenvalue weighted by atomic mass is 10.2. The SMILES string of the molecule is CCCc1c(O)c(CC)nn1CC(C)C. The zero-order chi connectivity index (χ0) is 11.4. The summed E-state index contributed by atoms with van der Waals surface area (Å²) in [5.41, 5.74) is 1.84. The van der Waals surface area contributed by atoms with Gasteiger partial charge in [-0.2, -0.15) is 5.10 Å². The van der Waals surface area contributed by atoms with Crippen LogP contribution in [-0.4, -0.2) is 14.9 Å². The maximum Gasteiger partial charge on any atom is 0.160 e. The number of nitrogens with zero attached hydrogens (tertiary/aromatic N) is 2. The van der Waals surface area contributed by atoms with Crippen molar-refractivity contribution in [2.75, 3.05) is 0 Å². The lowest BCUT2D eigenvalue weighted by molar-refractivity contribution is 0.442. The van der Waals surface area contributed by atoms with Crippen LogP contribution >= 0.6 is 0 Å². The largest absolute Gasteiger partial charge is 0.504 e. The third-order valence-electron chi connectivity index (χ3n) is 2.46. The topological polar surface area (TPSA) is 38.1 Å². The second-order valence-corrected chi connectivity index (χ2v) is 4.42. The lowest BCUT2D eigenvalue weighted by Crippen LogP contribution is -2.09. The van der Waals surface area contributed by atoms with Gasteiger partial charge in [0.25, 0.3) is 0 Å². The monoisotopic (exact) mass is 210 g/mol. The fraction of sp³-hybridized carbons (Fsp3) is 0.750. The van der Waals surface area contributed by atoms with Crippen LogP contribution in [-0.2, 0) is 19.4 Å². The van der Waals surface area contributed by atoms with E-state index in [1.807, 2.05) is 11.6 Å². The van der Waals surface area contributed by atoms with Crippen molar-refractivity contribution in [2.45, 2.75) is 53.5 Å². The zero-order valence-electron chi connectivity index (χ0n) is 10.2. The molecule has 15 heavy (non-hydrogen) atoms. The Hall–Kier alpha value is -0.990. The van der Waals surface area contributed by atoms with E-state index in [2.05, 4.69) is 25.9 Å². The molecule has 0 aromatic carbocycles. The van der Waals surface area contributed by atoms with E-state index in [4.69, 9.17) is 0 Å². The van der Waals surface area contributed by atoms with Gasteiger partial charge in [0.15, 0.2) is 5.75 Å². The van der Waals surface area contributed by atoms with Gasteiger partial charge >= 0.3 is 0 Å². The lowest BCUT2D eigenvalue weighted by Gasteiger charge is -2.08. The number of rotatable bonds is 5. The fourth-order valence-corrected chi connectivity index (χ4v) is 1.76. The minimum Gasteiger partial charge on any atom is -0.504 e.